The third-order valence-corrected chi connectivity index (χ3v) is 5.18. The number of ketones is 1. The van der Waals surface area contributed by atoms with E-state index < -0.39 is 0 Å². The molecule has 0 fully saturated rings. The normalized spacial score (nSPS) is 10.6. The van der Waals surface area contributed by atoms with Gasteiger partial charge in [-0.1, -0.05) is 23.7 Å². The smallest absolute Gasteiger partial charge is 0.196 e. The lowest BCUT2D eigenvalue weighted by molar-refractivity contribution is 0.103. The van der Waals surface area contributed by atoms with E-state index in [9.17, 15) is 4.79 Å². The Labute approximate surface area is 125 Å². The molecule has 1 nitrogen and oxygen atoms in total. The first-order valence-corrected chi connectivity index (χ1v) is 7.53. The van der Waals surface area contributed by atoms with Crippen LogP contribution in [0.15, 0.2) is 31.8 Å². The highest BCUT2D eigenvalue weighted by atomic mass is 79.9. The third kappa shape index (κ3) is 2.65. The average Bonchev–Trinajstić information content (AvgIpc) is 2.61. The van der Waals surface area contributed by atoms with Gasteiger partial charge in [0.05, 0.1) is 12.6 Å². The Morgan fingerprint density at radius 2 is 2.00 bits per heavy atom. The van der Waals surface area contributed by atoms with E-state index in [1.54, 1.807) is 12.1 Å². The van der Waals surface area contributed by atoms with Crippen LogP contribution in [0.2, 0.25) is 5.02 Å². The van der Waals surface area contributed by atoms with Gasteiger partial charge in [0, 0.05) is 11.1 Å². The predicted molar refractivity (Wildman–Crippen MR) is 79.3 cm³/mol. The molecule has 0 aliphatic heterocycles. The lowest BCUT2D eigenvalue weighted by Gasteiger charge is -2.04. The first kappa shape index (κ1) is 13.3. The van der Waals surface area contributed by atoms with Gasteiger partial charge in [-0.15, -0.1) is 11.3 Å². The number of halogens is 3. The average molecular weight is 395 g/mol. The van der Waals surface area contributed by atoms with E-state index in [0.717, 1.165) is 13.1 Å². The molecular weight excluding hydrogens is 387 g/mol. The molecule has 0 spiro atoms. The second kappa shape index (κ2) is 5.22. The van der Waals surface area contributed by atoms with Crippen molar-refractivity contribution in [3.05, 3.63) is 53.6 Å². The molecule has 0 bridgehead atoms. The van der Waals surface area contributed by atoms with E-state index in [-0.39, 0.29) is 5.78 Å². The van der Waals surface area contributed by atoms with Crippen LogP contribution in [0.1, 0.15) is 21.5 Å². The summed E-state index contributed by atoms with van der Waals surface area (Å²) in [5.74, 6) is -0.0625. The van der Waals surface area contributed by atoms with Crippen molar-refractivity contribution < 1.29 is 4.79 Å². The van der Waals surface area contributed by atoms with Crippen molar-refractivity contribution in [3.63, 3.8) is 0 Å². The number of hydrogen-bond acceptors (Lipinski definition) is 2. The molecule has 0 unspecified atom stereocenters. The van der Waals surface area contributed by atoms with Crippen molar-refractivity contribution in [3.8, 4) is 0 Å². The molecule has 0 N–H and O–H groups in total. The highest BCUT2D eigenvalue weighted by Crippen LogP contribution is 2.34. The minimum Gasteiger partial charge on any atom is -0.288 e. The van der Waals surface area contributed by atoms with Gasteiger partial charge in [-0.3, -0.25) is 4.79 Å². The molecule has 2 aromatic rings. The van der Waals surface area contributed by atoms with E-state index in [2.05, 4.69) is 31.9 Å². The monoisotopic (exact) mass is 392 g/mol. The van der Waals surface area contributed by atoms with Crippen LogP contribution in [-0.4, -0.2) is 5.78 Å². The van der Waals surface area contributed by atoms with Crippen molar-refractivity contribution in [1.29, 1.82) is 0 Å². The summed E-state index contributed by atoms with van der Waals surface area (Å²) in [6, 6.07) is 7.27. The number of thiophene rings is 1. The van der Waals surface area contributed by atoms with Crippen LogP contribution in [0.25, 0.3) is 0 Å². The number of rotatable bonds is 2. The molecule has 1 heterocycles. The summed E-state index contributed by atoms with van der Waals surface area (Å²) >= 11 is 14.4. The zero-order chi connectivity index (χ0) is 12.6. The molecule has 1 aromatic carbocycles. The van der Waals surface area contributed by atoms with Crippen molar-refractivity contribution in [2.75, 3.05) is 0 Å². The quantitative estimate of drug-likeness (QED) is 0.618. The lowest BCUT2D eigenvalue weighted by atomic mass is 10.0. The topological polar surface area (TPSA) is 17.1 Å². The molecule has 17 heavy (non-hydrogen) atoms. The van der Waals surface area contributed by atoms with Crippen molar-refractivity contribution in [1.82, 2.24) is 0 Å². The van der Waals surface area contributed by atoms with Gasteiger partial charge in [-0.25, -0.2) is 0 Å². The van der Waals surface area contributed by atoms with Gasteiger partial charge in [0.25, 0.3) is 0 Å². The molecule has 0 radical (unpaired) electrons. The fourth-order valence-electron chi connectivity index (χ4n) is 1.46. The summed E-state index contributed by atoms with van der Waals surface area (Å²) in [7, 11) is 0. The molecule has 0 saturated carbocycles. The first-order chi connectivity index (χ1) is 8.00. The number of carbonyl (C=O) groups is 1. The summed E-state index contributed by atoms with van der Waals surface area (Å²) < 4.78 is 1.73. The Morgan fingerprint density at radius 3 is 2.59 bits per heavy atom. The molecule has 1 aromatic heterocycles. The maximum Gasteiger partial charge on any atom is 0.196 e. The summed E-state index contributed by atoms with van der Waals surface area (Å²) in [6.07, 6.45) is 0. The van der Waals surface area contributed by atoms with Gasteiger partial charge in [0.1, 0.15) is 0 Å². The first-order valence-electron chi connectivity index (χ1n) is 4.75. The Kier molecular flexibility index (Phi) is 4.08. The lowest BCUT2D eigenvalue weighted by Crippen LogP contribution is -2.02. The summed E-state index contributed by atoms with van der Waals surface area (Å²) in [4.78, 5) is 12.3. The van der Waals surface area contributed by atoms with Crippen LogP contribution in [0.3, 0.4) is 0 Å². The fourth-order valence-corrected chi connectivity index (χ4v) is 4.47. The molecule has 0 aliphatic rings. The standard InChI is InChI=1S/C12H7Br2ClOS/c1-6-3-2-4-7(10(6)15)11(16)8-5-9(13)17-12(8)14/h2-5H,1H3. The molecular formula is C12H7Br2ClOS. The second-order valence-corrected chi connectivity index (χ2v) is 7.63. The molecule has 0 saturated heterocycles. The molecule has 0 amide bonds. The Balaban J connectivity index is 2.51. The number of carbonyl (C=O) groups excluding carboxylic acids is 1. The van der Waals surface area contributed by atoms with Gasteiger partial charge >= 0.3 is 0 Å². The van der Waals surface area contributed by atoms with E-state index >= 15 is 0 Å². The zero-order valence-corrected chi connectivity index (χ0v) is 13.5. The molecule has 0 aliphatic carbocycles. The molecule has 2 rings (SSSR count). The molecule has 0 atom stereocenters. The fraction of sp³-hybridized carbons (Fsp3) is 0.0833. The summed E-state index contributed by atoms with van der Waals surface area (Å²) in [6.45, 7) is 1.89. The van der Waals surface area contributed by atoms with Gasteiger partial charge < -0.3 is 0 Å². The van der Waals surface area contributed by atoms with Crippen molar-refractivity contribution in [2.24, 2.45) is 0 Å². The van der Waals surface area contributed by atoms with Crippen LogP contribution >= 0.6 is 54.8 Å². The SMILES string of the molecule is Cc1cccc(C(=O)c2cc(Br)sc2Br)c1Cl. The predicted octanol–water partition coefficient (Wildman–Crippen LogP) is 5.47. The van der Waals surface area contributed by atoms with Crippen LogP contribution in [0.5, 0.6) is 0 Å². The Bertz CT molecular complexity index is 592. The minimum atomic E-state index is -0.0625. The highest BCUT2D eigenvalue weighted by Gasteiger charge is 2.18. The van der Waals surface area contributed by atoms with Crippen molar-refractivity contribution >= 4 is 60.6 Å². The number of benzene rings is 1. The van der Waals surface area contributed by atoms with Gasteiger partial charge in [0.2, 0.25) is 0 Å². The Morgan fingerprint density at radius 1 is 1.29 bits per heavy atom. The number of aryl methyl sites for hydroxylation is 1. The second-order valence-electron chi connectivity index (χ2n) is 3.50. The van der Waals surface area contributed by atoms with Crippen LogP contribution < -0.4 is 0 Å². The number of hydrogen-bond donors (Lipinski definition) is 0. The molecule has 88 valence electrons. The zero-order valence-electron chi connectivity index (χ0n) is 8.76. The van der Waals surface area contributed by atoms with E-state index in [1.807, 2.05) is 19.1 Å². The van der Waals surface area contributed by atoms with E-state index in [0.29, 0.717) is 16.1 Å². The summed E-state index contributed by atoms with van der Waals surface area (Å²) in [5.41, 5.74) is 2.08. The van der Waals surface area contributed by atoms with Crippen molar-refractivity contribution in [2.45, 2.75) is 6.92 Å². The minimum absolute atomic E-state index is 0.0625. The van der Waals surface area contributed by atoms with Crippen LogP contribution in [0, 0.1) is 6.92 Å². The molecule has 5 heteroatoms. The van der Waals surface area contributed by atoms with Gasteiger partial charge in [-0.2, -0.15) is 0 Å². The van der Waals surface area contributed by atoms with Crippen LogP contribution in [-0.2, 0) is 0 Å². The Hall–Kier alpha value is -0.160. The maximum absolute atomic E-state index is 12.3. The third-order valence-electron chi connectivity index (χ3n) is 2.34. The highest BCUT2D eigenvalue weighted by molar-refractivity contribution is 9.12. The largest absolute Gasteiger partial charge is 0.288 e. The maximum atomic E-state index is 12.3. The summed E-state index contributed by atoms with van der Waals surface area (Å²) in [5, 5.41) is 0.520. The van der Waals surface area contributed by atoms with Crippen LogP contribution in [0.4, 0.5) is 0 Å². The van der Waals surface area contributed by atoms with Gasteiger partial charge in [0.15, 0.2) is 5.78 Å². The van der Waals surface area contributed by atoms with E-state index in [4.69, 9.17) is 11.6 Å². The van der Waals surface area contributed by atoms with Gasteiger partial charge in [-0.05, 0) is 56.5 Å². The van der Waals surface area contributed by atoms with E-state index in [1.165, 1.54) is 11.3 Å².